The summed E-state index contributed by atoms with van der Waals surface area (Å²) in [7, 11) is -4.21. The molecule has 7 nitrogen and oxygen atoms in total. The van der Waals surface area contributed by atoms with Gasteiger partial charge in [-0.05, 0) is 73.0 Å². The summed E-state index contributed by atoms with van der Waals surface area (Å²) in [5.74, 6) is -0.871. The van der Waals surface area contributed by atoms with Gasteiger partial charge in [-0.1, -0.05) is 90.3 Å². The first-order chi connectivity index (χ1) is 21.1. The Morgan fingerprint density at radius 1 is 0.818 bits per heavy atom. The Hall–Kier alpha value is -3.85. The Morgan fingerprint density at radius 3 is 2.11 bits per heavy atom. The highest BCUT2D eigenvalue weighted by Gasteiger charge is 2.34. The first kappa shape index (κ1) is 33.1. The predicted molar refractivity (Wildman–Crippen MR) is 176 cm³/mol. The molecule has 2 amide bonds. The van der Waals surface area contributed by atoms with Crippen LogP contribution in [0.5, 0.6) is 0 Å². The Morgan fingerprint density at radius 2 is 1.48 bits per heavy atom. The number of benzene rings is 4. The third-order valence-corrected chi connectivity index (χ3v) is 9.34. The highest BCUT2D eigenvalue weighted by Crippen LogP contribution is 2.26. The number of nitrogens with one attached hydrogen (secondary N) is 1. The van der Waals surface area contributed by atoms with Gasteiger partial charge in [0.05, 0.1) is 10.6 Å². The van der Waals surface area contributed by atoms with E-state index in [0.717, 1.165) is 15.4 Å². The van der Waals surface area contributed by atoms with E-state index in [-0.39, 0.29) is 23.8 Å². The van der Waals surface area contributed by atoms with Crippen molar-refractivity contribution in [2.24, 2.45) is 0 Å². The fourth-order valence-electron chi connectivity index (χ4n) is 4.73. The van der Waals surface area contributed by atoms with Gasteiger partial charge in [-0.15, -0.1) is 0 Å². The maximum Gasteiger partial charge on any atom is 0.264 e. The van der Waals surface area contributed by atoms with Crippen LogP contribution >= 0.6 is 23.2 Å². The van der Waals surface area contributed by atoms with Gasteiger partial charge in [0.2, 0.25) is 11.8 Å². The lowest BCUT2D eigenvalue weighted by molar-refractivity contribution is -0.140. The largest absolute Gasteiger partial charge is 0.354 e. The van der Waals surface area contributed by atoms with Crippen molar-refractivity contribution >= 4 is 50.7 Å². The number of anilines is 1. The van der Waals surface area contributed by atoms with E-state index in [9.17, 15) is 18.0 Å². The molecule has 0 fully saturated rings. The molecule has 230 valence electrons. The molecule has 0 saturated heterocycles. The van der Waals surface area contributed by atoms with Gasteiger partial charge in [-0.25, -0.2) is 8.42 Å². The number of carbonyl (C=O) groups is 2. The van der Waals surface area contributed by atoms with Gasteiger partial charge in [0.1, 0.15) is 12.6 Å². The van der Waals surface area contributed by atoms with Crippen LogP contribution in [-0.2, 0) is 32.6 Å². The minimum absolute atomic E-state index is 0.0156. The highest BCUT2D eigenvalue weighted by molar-refractivity contribution is 7.92. The molecular weight excluding hydrogens is 617 g/mol. The molecule has 0 spiro atoms. The van der Waals surface area contributed by atoms with Crippen LogP contribution in [0.4, 0.5) is 5.69 Å². The molecule has 4 aromatic rings. The molecule has 10 heteroatoms. The van der Waals surface area contributed by atoms with Crippen molar-refractivity contribution in [2.45, 2.75) is 44.2 Å². The van der Waals surface area contributed by atoms with Crippen molar-refractivity contribution in [2.75, 3.05) is 17.4 Å². The molecule has 44 heavy (non-hydrogen) atoms. The van der Waals surface area contributed by atoms with E-state index in [2.05, 4.69) is 5.32 Å². The average molecular weight is 653 g/mol. The van der Waals surface area contributed by atoms with Crippen molar-refractivity contribution in [1.82, 2.24) is 10.2 Å². The number of aryl methyl sites for hydroxylation is 1. The van der Waals surface area contributed by atoms with Gasteiger partial charge in [-0.2, -0.15) is 0 Å². The highest BCUT2D eigenvalue weighted by atomic mass is 35.5. The van der Waals surface area contributed by atoms with Gasteiger partial charge >= 0.3 is 0 Å². The predicted octanol–water partition coefficient (Wildman–Crippen LogP) is 6.66. The van der Waals surface area contributed by atoms with E-state index >= 15 is 0 Å². The zero-order chi connectivity index (χ0) is 31.7. The van der Waals surface area contributed by atoms with E-state index < -0.39 is 28.5 Å². The van der Waals surface area contributed by atoms with Crippen LogP contribution < -0.4 is 9.62 Å². The lowest BCUT2D eigenvalue weighted by atomic mass is 10.0. The summed E-state index contributed by atoms with van der Waals surface area (Å²) in [6.07, 6.45) is 0.948. The number of rotatable bonds is 13. The van der Waals surface area contributed by atoms with Gasteiger partial charge in [0.15, 0.2) is 0 Å². The molecule has 0 aliphatic heterocycles. The number of halogens is 2. The van der Waals surface area contributed by atoms with E-state index in [1.54, 1.807) is 42.5 Å². The van der Waals surface area contributed by atoms with Crippen molar-refractivity contribution in [3.63, 3.8) is 0 Å². The number of hydrogen-bond acceptors (Lipinski definition) is 4. The minimum atomic E-state index is -4.21. The first-order valence-electron chi connectivity index (χ1n) is 14.3. The lowest BCUT2D eigenvalue weighted by Gasteiger charge is -2.34. The molecule has 0 aliphatic rings. The lowest BCUT2D eigenvalue weighted by Crippen LogP contribution is -2.53. The first-order valence-corrected chi connectivity index (χ1v) is 16.5. The van der Waals surface area contributed by atoms with E-state index in [4.69, 9.17) is 23.2 Å². The van der Waals surface area contributed by atoms with Crippen LogP contribution in [0.3, 0.4) is 0 Å². The molecule has 1 atom stereocenters. The number of carbonyl (C=O) groups excluding carboxylic acids is 2. The van der Waals surface area contributed by atoms with Crippen LogP contribution in [0, 0.1) is 6.92 Å². The Kier molecular flexibility index (Phi) is 11.4. The zero-order valence-electron chi connectivity index (χ0n) is 24.6. The molecule has 0 aromatic heterocycles. The van der Waals surface area contributed by atoms with Gasteiger partial charge in [0.25, 0.3) is 10.0 Å². The summed E-state index contributed by atoms with van der Waals surface area (Å²) >= 11 is 12.3. The molecular formula is C34H35Cl2N3O4S. The fraction of sp³-hybridized carbons (Fsp3) is 0.235. The quantitative estimate of drug-likeness (QED) is 0.175. The zero-order valence-corrected chi connectivity index (χ0v) is 26.9. The molecule has 0 radical (unpaired) electrons. The Labute approximate surface area is 269 Å². The van der Waals surface area contributed by atoms with E-state index in [1.165, 1.54) is 29.2 Å². The fourth-order valence-corrected chi connectivity index (χ4v) is 6.48. The van der Waals surface area contributed by atoms with Crippen LogP contribution in [0.25, 0.3) is 0 Å². The van der Waals surface area contributed by atoms with Crippen LogP contribution in [0.2, 0.25) is 10.0 Å². The molecule has 1 unspecified atom stereocenters. The van der Waals surface area contributed by atoms with Gasteiger partial charge < -0.3 is 10.2 Å². The second-order valence-corrected chi connectivity index (χ2v) is 13.2. The van der Waals surface area contributed by atoms with Crippen LogP contribution in [0.1, 0.15) is 30.0 Å². The Bertz CT molecular complexity index is 1670. The Balaban J connectivity index is 1.79. The van der Waals surface area contributed by atoms with Crippen LogP contribution in [-0.4, -0.2) is 44.3 Å². The number of hydrogen-bond donors (Lipinski definition) is 1. The second-order valence-electron chi connectivity index (χ2n) is 10.4. The summed E-state index contributed by atoms with van der Waals surface area (Å²) in [5.41, 5.74) is 2.81. The normalized spacial score (nSPS) is 11.9. The molecule has 1 N–H and O–H groups in total. The molecule has 0 heterocycles. The maximum atomic E-state index is 14.4. The van der Waals surface area contributed by atoms with Gasteiger partial charge in [0, 0.05) is 29.6 Å². The monoisotopic (exact) mass is 651 g/mol. The topological polar surface area (TPSA) is 86.8 Å². The number of nitrogens with zero attached hydrogens (tertiary/aromatic N) is 2. The van der Waals surface area contributed by atoms with E-state index in [1.807, 2.05) is 50.2 Å². The second kappa shape index (κ2) is 15.2. The molecule has 0 aliphatic carbocycles. The summed E-state index contributed by atoms with van der Waals surface area (Å²) in [6.45, 7) is 3.77. The molecule has 4 aromatic carbocycles. The summed E-state index contributed by atoms with van der Waals surface area (Å²) in [6, 6.07) is 28.2. The van der Waals surface area contributed by atoms with Gasteiger partial charge in [-0.3, -0.25) is 13.9 Å². The molecule has 0 bridgehead atoms. The van der Waals surface area contributed by atoms with Crippen molar-refractivity contribution in [1.29, 1.82) is 0 Å². The summed E-state index contributed by atoms with van der Waals surface area (Å²) < 4.78 is 29.2. The standard InChI is InChI=1S/C34H35Cl2N3O4S/c1-3-20-37-34(41)32(22-26-8-5-4-6-9-26)38(23-27-10-7-11-29(36)21-27)33(40)24-39(30-16-12-25(2)13-17-30)44(42,43)31-18-14-28(35)15-19-31/h4-19,21,32H,3,20,22-24H2,1-2H3,(H,37,41). The van der Waals surface area contributed by atoms with Crippen molar-refractivity contribution in [3.05, 3.63) is 130 Å². The van der Waals surface area contributed by atoms with E-state index in [0.29, 0.717) is 34.3 Å². The molecule has 4 rings (SSSR count). The SMILES string of the molecule is CCCNC(=O)C(Cc1ccccc1)N(Cc1cccc(Cl)c1)C(=O)CN(c1ccc(C)cc1)S(=O)(=O)c1ccc(Cl)cc1. The maximum absolute atomic E-state index is 14.4. The summed E-state index contributed by atoms with van der Waals surface area (Å²) in [5, 5.41) is 3.80. The average Bonchev–Trinajstić information content (AvgIpc) is 3.01. The van der Waals surface area contributed by atoms with Crippen molar-refractivity contribution in [3.8, 4) is 0 Å². The number of sulfonamides is 1. The minimum Gasteiger partial charge on any atom is -0.354 e. The molecule has 0 saturated carbocycles. The number of amides is 2. The third-order valence-electron chi connectivity index (χ3n) is 7.06. The van der Waals surface area contributed by atoms with Crippen LogP contribution in [0.15, 0.2) is 108 Å². The van der Waals surface area contributed by atoms with Crippen molar-refractivity contribution < 1.29 is 18.0 Å². The summed E-state index contributed by atoms with van der Waals surface area (Å²) in [4.78, 5) is 29.5. The third kappa shape index (κ3) is 8.62. The smallest absolute Gasteiger partial charge is 0.264 e.